The van der Waals surface area contributed by atoms with Crippen LogP contribution in [-0.2, 0) is 6.61 Å². The van der Waals surface area contributed by atoms with Crippen LogP contribution in [0.4, 0.5) is 0 Å². The Morgan fingerprint density at radius 3 is 2.53 bits per heavy atom. The summed E-state index contributed by atoms with van der Waals surface area (Å²) in [5.41, 5.74) is 10.1. The molecule has 0 saturated carbocycles. The first-order valence-corrected chi connectivity index (χ1v) is 6.56. The van der Waals surface area contributed by atoms with E-state index in [0.29, 0.717) is 11.6 Å². The molecule has 0 saturated heterocycles. The van der Waals surface area contributed by atoms with Crippen molar-refractivity contribution in [2.24, 2.45) is 5.73 Å². The van der Waals surface area contributed by atoms with Crippen molar-refractivity contribution in [3.05, 3.63) is 64.7 Å². The number of thiocarbonyl (C=S) groups is 1. The van der Waals surface area contributed by atoms with E-state index in [1.807, 2.05) is 36.4 Å². The fraction of sp³-hybridized carbons (Fsp3) is 0.188. The van der Waals surface area contributed by atoms with Gasteiger partial charge in [0.2, 0.25) is 0 Å². The van der Waals surface area contributed by atoms with Crippen LogP contribution in [0.3, 0.4) is 0 Å². The van der Waals surface area contributed by atoms with Crippen LogP contribution in [-0.4, -0.2) is 4.99 Å². The predicted molar refractivity (Wildman–Crippen MR) is 82.6 cm³/mol. The van der Waals surface area contributed by atoms with Gasteiger partial charge in [0.05, 0.1) is 0 Å². The Balaban J connectivity index is 2.14. The van der Waals surface area contributed by atoms with Gasteiger partial charge in [0.25, 0.3) is 0 Å². The summed E-state index contributed by atoms with van der Waals surface area (Å²) in [5, 5.41) is 0. The summed E-state index contributed by atoms with van der Waals surface area (Å²) in [4.78, 5) is 0.402. The van der Waals surface area contributed by atoms with Gasteiger partial charge in [-0.3, -0.25) is 0 Å². The third-order valence-electron chi connectivity index (χ3n) is 3.16. The molecule has 98 valence electrons. The summed E-state index contributed by atoms with van der Waals surface area (Å²) in [6.45, 7) is 4.63. The normalized spacial score (nSPS) is 10.2. The van der Waals surface area contributed by atoms with Crippen LogP contribution in [0, 0.1) is 13.8 Å². The molecule has 0 spiro atoms. The summed E-state index contributed by atoms with van der Waals surface area (Å²) in [7, 11) is 0. The average Bonchev–Trinajstić information content (AvgIpc) is 2.40. The number of rotatable bonds is 4. The van der Waals surface area contributed by atoms with E-state index in [4.69, 9.17) is 22.7 Å². The molecule has 2 N–H and O–H groups in total. The lowest BCUT2D eigenvalue weighted by molar-refractivity contribution is 0.306. The highest BCUT2D eigenvalue weighted by molar-refractivity contribution is 7.80. The molecule has 2 rings (SSSR count). The van der Waals surface area contributed by atoms with E-state index in [0.717, 1.165) is 16.9 Å². The van der Waals surface area contributed by atoms with Gasteiger partial charge in [-0.15, -0.1) is 0 Å². The maximum Gasteiger partial charge on any atom is 0.120 e. The number of aryl methyl sites for hydroxylation is 2. The van der Waals surface area contributed by atoms with Crippen molar-refractivity contribution in [1.82, 2.24) is 0 Å². The van der Waals surface area contributed by atoms with E-state index in [-0.39, 0.29) is 0 Å². The Hall–Kier alpha value is -1.87. The standard InChI is InChI=1S/C16H17NOS/c1-11-7-8-14(9-12(11)2)18-10-13-5-3-4-6-15(13)16(17)19/h3-9H,10H2,1-2H3,(H2,17,19). The molecule has 0 heterocycles. The number of hydrogen-bond acceptors (Lipinski definition) is 2. The maximum absolute atomic E-state index is 5.80. The third-order valence-corrected chi connectivity index (χ3v) is 3.38. The van der Waals surface area contributed by atoms with Crippen LogP contribution in [0.2, 0.25) is 0 Å². The minimum Gasteiger partial charge on any atom is -0.489 e. The predicted octanol–water partition coefficient (Wildman–Crippen LogP) is 3.52. The zero-order chi connectivity index (χ0) is 13.8. The van der Waals surface area contributed by atoms with E-state index < -0.39 is 0 Å². The molecule has 2 aromatic rings. The van der Waals surface area contributed by atoms with Crippen molar-refractivity contribution in [1.29, 1.82) is 0 Å². The molecular weight excluding hydrogens is 254 g/mol. The SMILES string of the molecule is Cc1ccc(OCc2ccccc2C(N)=S)cc1C. The quantitative estimate of drug-likeness (QED) is 0.864. The fourth-order valence-electron chi connectivity index (χ4n) is 1.85. The van der Waals surface area contributed by atoms with Crippen molar-refractivity contribution < 1.29 is 4.74 Å². The van der Waals surface area contributed by atoms with Crippen molar-refractivity contribution in [2.45, 2.75) is 20.5 Å². The summed E-state index contributed by atoms with van der Waals surface area (Å²) >= 11 is 5.04. The molecule has 0 fully saturated rings. The van der Waals surface area contributed by atoms with Crippen LogP contribution in [0.25, 0.3) is 0 Å². The second-order valence-corrected chi connectivity index (χ2v) is 5.00. The summed E-state index contributed by atoms with van der Waals surface area (Å²) in [6, 6.07) is 13.9. The monoisotopic (exact) mass is 271 g/mol. The lowest BCUT2D eigenvalue weighted by atomic mass is 10.1. The van der Waals surface area contributed by atoms with Crippen LogP contribution in [0.1, 0.15) is 22.3 Å². The topological polar surface area (TPSA) is 35.2 Å². The highest BCUT2D eigenvalue weighted by atomic mass is 32.1. The van der Waals surface area contributed by atoms with Crippen molar-refractivity contribution >= 4 is 17.2 Å². The highest BCUT2D eigenvalue weighted by Gasteiger charge is 2.05. The van der Waals surface area contributed by atoms with Gasteiger partial charge < -0.3 is 10.5 Å². The Morgan fingerprint density at radius 2 is 1.84 bits per heavy atom. The molecule has 0 aliphatic rings. The minimum atomic E-state index is 0.402. The van der Waals surface area contributed by atoms with E-state index in [1.54, 1.807) is 0 Å². The van der Waals surface area contributed by atoms with Gasteiger partial charge in [0, 0.05) is 5.56 Å². The first kappa shape index (κ1) is 13.6. The first-order chi connectivity index (χ1) is 9.08. The Labute approximate surface area is 119 Å². The third kappa shape index (κ3) is 3.32. The first-order valence-electron chi connectivity index (χ1n) is 6.15. The Bertz CT molecular complexity index is 607. The average molecular weight is 271 g/mol. The summed E-state index contributed by atoms with van der Waals surface area (Å²) in [5.74, 6) is 0.862. The van der Waals surface area contributed by atoms with Crippen LogP contribution < -0.4 is 10.5 Å². The second-order valence-electron chi connectivity index (χ2n) is 4.56. The van der Waals surface area contributed by atoms with Gasteiger partial charge in [0.15, 0.2) is 0 Å². The van der Waals surface area contributed by atoms with Gasteiger partial charge in [-0.2, -0.15) is 0 Å². The van der Waals surface area contributed by atoms with Gasteiger partial charge in [0.1, 0.15) is 17.3 Å². The Kier molecular flexibility index (Phi) is 4.17. The lowest BCUT2D eigenvalue weighted by Gasteiger charge is -2.11. The molecule has 0 atom stereocenters. The van der Waals surface area contributed by atoms with E-state index in [9.17, 15) is 0 Å². The van der Waals surface area contributed by atoms with Gasteiger partial charge in [-0.05, 0) is 42.7 Å². The van der Waals surface area contributed by atoms with Crippen LogP contribution >= 0.6 is 12.2 Å². The van der Waals surface area contributed by atoms with E-state index in [1.165, 1.54) is 11.1 Å². The van der Waals surface area contributed by atoms with Crippen molar-refractivity contribution in [3.8, 4) is 5.75 Å². The highest BCUT2D eigenvalue weighted by Crippen LogP contribution is 2.18. The minimum absolute atomic E-state index is 0.402. The molecule has 2 nitrogen and oxygen atoms in total. The molecule has 2 aromatic carbocycles. The smallest absolute Gasteiger partial charge is 0.120 e. The zero-order valence-electron chi connectivity index (χ0n) is 11.1. The number of nitrogens with two attached hydrogens (primary N) is 1. The summed E-state index contributed by atoms with van der Waals surface area (Å²) in [6.07, 6.45) is 0. The number of ether oxygens (including phenoxy) is 1. The molecule has 0 aliphatic heterocycles. The maximum atomic E-state index is 5.80. The molecule has 3 heteroatoms. The molecule has 0 aliphatic carbocycles. The van der Waals surface area contributed by atoms with Gasteiger partial charge >= 0.3 is 0 Å². The van der Waals surface area contributed by atoms with Crippen molar-refractivity contribution in [2.75, 3.05) is 0 Å². The van der Waals surface area contributed by atoms with E-state index in [2.05, 4.69) is 19.9 Å². The van der Waals surface area contributed by atoms with Crippen LogP contribution in [0.15, 0.2) is 42.5 Å². The molecule has 0 aromatic heterocycles. The number of hydrogen-bond donors (Lipinski definition) is 1. The molecule has 0 amide bonds. The lowest BCUT2D eigenvalue weighted by Crippen LogP contribution is -2.13. The van der Waals surface area contributed by atoms with Crippen LogP contribution in [0.5, 0.6) is 5.75 Å². The largest absolute Gasteiger partial charge is 0.489 e. The molecule has 0 unspecified atom stereocenters. The van der Waals surface area contributed by atoms with E-state index >= 15 is 0 Å². The molecular formula is C16H17NOS. The number of benzene rings is 2. The fourth-order valence-corrected chi connectivity index (χ4v) is 2.05. The van der Waals surface area contributed by atoms with Gasteiger partial charge in [-0.25, -0.2) is 0 Å². The molecule has 0 bridgehead atoms. The summed E-state index contributed by atoms with van der Waals surface area (Å²) < 4.78 is 5.80. The van der Waals surface area contributed by atoms with Crippen molar-refractivity contribution in [3.63, 3.8) is 0 Å². The Morgan fingerprint density at radius 1 is 1.11 bits per heavy atom. The second kappa shape index (κ2) is 5.85. The zero-order valence-corrected chi connectivity index (χ0v) is 12.0. The molecule has 19 heavy (non-hydrogen) atoms. The van der Waals surface area contributed by atoms with Gasteiger partial charge in [-0.1, -0.05) is 42.5 Å². The molecule has 0 radical (unpaired) electrons.